The highest BCUT2D eigenvalue weighted by molar-refractivity contribution is 7.86. The number of hydrogen-bond donors (Lipinski definition) is 0. The van der Waals surface area contributed by atoms with Crippen LogP contribution in [0.15, 0.2) is 47.4 Å². The number of benzene rings is 2. The minimum Gasteiger partial charge on any atom is -0.496 e. The van der Waals surface area contributed by atoms with E-state index in [-0.39, 0.29) is 11.0 Å². The Kier molecular flexibility index (Phi) is 4.41. The van der Waals surface area contributed by atoms with Crippen LogP contribution in [-0.2, 0) is 27.1 Å². The molecule has 2 aromatic carbocycles. The Labute approximate surface area is 137 Å². The van der Waals surface area contributed by atoms with Crippen LogP contribution in [0.1, 0.15) is 23.1 Å². The maximum Gasteiger partial charge on any atom is 0.297 e. The van der Waals surface area contributed by atoms with Crippen LogP contribution in [0.2, 0.25) is 0 Å². The van der Waals surface area contributed by atoms with Gasteiger partial charge >= 0.3 is 0 Å². The Morgan fingerprint density at radius 1 is 1.09 bits per heavy atom. The smallest absolute Gasteiger partial charge is 0.297 e. The molecule has 1 atom stereocenters. The van der Waals surface area contributed by atoms with Crippen LogP contribution in [0.4, 0.5) is 0 Å². The van der Waals surface area contributed by atoms with E-state index in [0.29, 0.717) is 12.8 Å². The van der Waals surface area contributed by atoms with Gasteiger partial charge in [-0.15, -0.1) is 0 Å². The molecule has 0 aliphatic heterocycles. The highest BCUT2D eigenvalue weighted by Gasteiger charge is 2.27. The molecule has 23 heavy (non-hydrogen) atoms. The van der Waals surface area contributed by atoms with Crippen molar-refractivity contribution in [2.24, 2.45) is 0 Å². The molecule has 5 heteroatoms. The molecule has 0 saturated heterocycles. The van der Waals surface area contributed by atoms with Gasteiger partial charge in [0.05, 0.1) is 18.1 Å². The molecule has 0 heterocycles. The molecule has 0 saturated carbocycles. The number of fused-ring (bicyclic) bond motifs is 1. The van der Waals surface area contributed by atoms with E-state index in [1.807, 2.05) is 19.1 Å². The second kappa shape index (κ2) is 6.34. The summed E-state index contributed by atoms with van der Waals surface area (Å²) in [5.74, 6) is 0.795. The van der Waals surface area contributed by atoms with Gasteiger partial charge in [-0.05, 0) is 49.1 Å². The molecular formula is C18H20O4S. The van der Waals surface area contributed by atoms with Crippen LogP contribution in [0.3, 0.4) is 0 Å². The van der Waals surface area contributed by atoms with Crippen LogP contribution < -0.4 is 4.74 Å². The predicted molar refractivity (Wildman–Crippen MR) is 88.3 cm³/mol. The van der Waals surface area contributed by atoms with E-state index < -0.39 is 10.1 Å². The third-order valence-corrected chi connectivity index (χ3v) is 5.56. The van der Waals surface area contributed by atoms with E-state index in [0.717, 1.165) is 23.3 Å². The van der Waals surface area contributed by atoms with E-state index in [9.17, 15) is 8.42 Å². The van der Waals surface area contributed by atoms with Gasteiger partial charge in [0.15, 0.2) is 0 Å². The van der Waals surface area contributed by atoms with Crippen molar-refractivity contribution in [3.63, 3.8) is 0 Å². The van der Waals surface area contributed by atoms with Crippen LogP contribution in [0.25, 0.3) is 0 Å². The van der Waals surface area contributed by atoms with Crippen LogP contribution in [0.5, 0.6) is 5.75 Å². The normalized spacial score (nSPS) is 17.6. The molecule has 0 spiro atoms. The lowest BCUT2D eigenvalue weighted by molar-refractivity contribution is 0.190. The lowest BCUT2D eigenvalue weighted by Gasteiger charge is -2.25. The van der Waals surface area contributed by atoms with E-state index in [1.54, 1.807) is 31.4 Å². The van der Waals surface area contributed by atoms with Gasteiger partial charge in [0.25, 0.3) is 10.1 Å². The first kappa shape index (κ1) is 16.0. The van der Waals surface area contributed by atoms with Crippen LogP contribution in [0, 0.1) is 6.92 Å². The number of hydrogen-bond acceptors (Lipinski definition) is 4. The van der Waals surface area contributed by atoms with Crippen molar-refractivity contribution in [2.45, 2.75) is 37.2 Å². The van der Waals surface area contributed by atoms with Crippen molar-refractivity contribution >= 4 is 10.1 Å². The fraction of sp³-hybridized carbons (Fsp3) is 0.333. The molecule has 0 bridgehead atoms. The zero-order valence-corrected chi connectivity index (χ0v) is 14.1. The van der Waals surface area contributed by atoms with Gasteiger partial charge in [-0.1, -0.05) is 29.8 Å². The lowest BCUT2D eigenvalue weighted by Crippen LogP contribution is -2.26. The predicted octanol–water partition coefficient (Wildman–Crippen LogP) is 3.27. The molecule has 1 aliphatic rings. The molecule has 1 aliphatic carbocycles. The van der Waals surface area contributed by atoms with Crippen molar-refractivity contribution in [2.75, 3.05) is 7.11 Å². The Hall–Kier alpha value is -1.85. The second-order valence-corrected chi connectivity index (χ2v) is 7.40. The third-order valence-electron chi connectivity index (χ3n) is 4.19. The SMILES string of the molecule is COc1cccc2c1C[C@@H](OS(=O)(=O)c1ccc(C)cc1)CC2. The molecule has 3 rings (SSSR count). The van der Waals surface area contributed by atoms with E-state index >= 15 is 0 Å². The summed E-state index contributed by atoms with van der Waals surface area (Å²) in [6.07, 6.45) is 1.67. The number of rotatable bonds is 4. The molecule has 0 radical (unpaired) electrons. The molecule has 2 aromatic rings. The summed E-state index contributed by atoms with van der Waals surface area (Å²) in [4.78, 5) is 0.203. The maximum atomic E-state index is 12.4. The average molecular weight is 332 g/mol. The van der Waals surface area contributed by atoms with Gasteiger partial charge in [-0.3, -0.25) is 4.18 Å². The number of ether oxygens (including phenoxy) is 1. The van der Waals surface area contributed by atoms with Crippen molar-refractivity contribution in [1.29, 1.82) is 0 Å². The van der Waals surface area contributed by atoms with Gasteiger partial charge in [-0.2, -0.15) is 8.42 Å². The van der Waals surface area contributed by atoms with Crippen molar-refractivity contribution < 1.29 is 17.3 Å². The summed E-state index contributed by atoms with van der Waals surface area (Å²) in [6, 6.07) is 12.6. The Morgan fingerprint density at radius 2 is 1.83 bits per heavy atom. The molecular weight excluding hydrogens is 312 g/mol. The van der Waals surface area contributed by atoms with E-state index in [4.69, 9.17) is 8.92 Å². The summed E-state index contributed by atoms with van der Waals surface area (Å²) in [5, 5.41) is 0. The topological polar surface area (TPSA) is 52.6 Å². The fourth-order valence-corrected chi connectivity index (χ4v) is 4.04. The van der Waals surface area contributed by atoms with Crippen molar-refractivity contribution in [1.82, 2.24) is 0 Å². The van der Waals surface area contributed by atoms with E-state index in [2.05, 4.69) is 6.07 Å². The van der Waals surface area contributed by atoms with Gasteiger partial charge in [0.2, 0.25) is 0 Å². The number of aryl methyl sites for hydroxylation is 2. The summed E-state index contributed by atoms with van der Waals surface area (Å²) >= 11 is 0. The summed E-state index contributed by atoms with van der Waals surface area (Å²) in [5.41, 5.74) is 3.27. The van der Waals surface area contributed by atoms with Gasteiger partial charge in [0, 0.05) is 6.42 Å². The summed E-state index contributed by atoms with van der Waals surface area (Å²) in [6.45, 7) is 1.92. The molecule has 0 N–H and O–H groups in total. The molecule has 0 aromatic heterocycles. The standard InChI is InChI=1S/C18H20O4S/c1-13-6-10-16(11-7-13)23(19,20)22-15-9-8-14-4-3-5-18(21-2)17(14)12-15/h3-7,10-11,15H,8-9,12H2,1-2H3/t15-/m0/s1. The fourth-order valence-electron chi connectivity index (χ4n) is 2.94. The quantitative estimate of drug-likeness (QED) is 0.807. The average Bonchev–Trinajstić information content (AvgIpc) is 2.54. The second-order valence-electron chi connectivity index (χ2n) is 5.83. The molecule has 4 nitrogen and oxygen atoms in total. The first-order valence-electron chi connectivity index (χ1n) is 7.64. The zero-order valence-electron chi connectivity index (χ0n) is 13.3. The molecule has 0 amide bonds. The third kappa shape index (κ3) is 3.41. The van der Waals surface area contributed by atoms with Crippen molar-refractivity contribution in [3.8, 4) is 5.75 Å². The Balaban J connectivity index is 1.80. The monoisotopic (exact) mass is 332 g/mol. The summed E-state index contributed by atoms with van der Waals surface area (Å²) in [7, 11) is -2.11. The first-order chi connectivity index (χ1) is 11.0. The van der Waals surface area contributed by atoms with Crippen molar-refractivity contribution in [3.05, 3.63) is 59.2 Å². The largest absolute Gasteiger partial charge is 0.496 e. The lowest BCUT2D eigenvalue weighted by atomic mass is 9.89. The Bertz CT molecular complexity index is 780. The van der Waals surface area contributed by atoms with E-state index in [1.165, 1.54) is 5.56 Å². The van der Waals surface area contributed by atoms with Gasteiger partial charge in [-0.25, -0.2) is 0 Å². The number of methoxy groups -OCH3 is 1. The zero-order chi connectivity index (χ0) is 16.4. The summed E-state index contributed by atoms with van der Waals surface area (Å²) < 4.78 is 35.7. The van der Waals surface area contributed by atoms with Gasteiger partial charge in [0.1, 0.15) is 5.75 Å². The minimum atomic E-state index is -3.74. The highest BCUT2D eigenvalue weighted by Crippen LogP contribution is 2.32. The van der Waals surface area contributed by atoms with Gasteiger partial charge < -0.3 is 4.74 Å². The molecule has 122 valence electrons. The first-order valence-corrected chi connectivity index (χ1v) is 9.05. The molecule has 0 fully saturated rings. The minimum absolute atomic E-state index is 0.203. The molecule has 0 unspecified atom stereocenters. The van der Waals surface area contributed by atoms with Crippen LogP contribution >= 0.6 is 0 Å². The van der Waals surface area contributed by atoms with Crippen LogP contribution in [-0.4, -0.2) is 21.6 Å². The maximum absolute atomic E-state index is 12.4. The Morgan fingerprint density at radius 3 is 2.52 bits per heavy atom. The highest BCUT2D eigenvalue weighted by atomic mass is 32.2.